The molecule has 0 saturated carbocycles. The van der Waals surface area contributed by atoms with Gasteiger partial charge in [-0.1, -0.05) is 49.2 Å². The van der Waals surface area contributed by atoms with Crippen molar-refractivity contribution in [2.24, 2.45) is 5.92 Å². The average Bonchev–Trinajstić information content (AvgIpc) is 2.69. The Morgan fingerprint density at radius 2 is 1.59 bits per heavy atom. The van der Waals surface area contributed by atoms with E-state index in [4.69, 9.17) is 0 Å². The molecule has 0 aromatic heterocycles. The summed E-state index contributed by atoms with van der Waals surface area (Å²) in [5.74, 6) is 0.543. The molecule has 1 unspecified atom stereocenters. The molecule has 0 radical (unpaired) electrons. The Bertz CT molecular complexity index is 884. The van der Waals surface area contributed by atoms with Crippen molar-refractivity contribution in [3.63, 3.8) is 0 Å². The number of aliphatic hydroxyl groups excluding tert-OH is 1. The monoisotopic (exact) mass is 391 g/mol. The van der Waals surface area contributed by atoms with Crippen LogP contribution in [0.3, 0.4) is 0 Å². The number of hydrogen-bond donors (Lipinski definition) is 2. The van der Waals surface area contributed by atoms with Gasteiger partial charge in [0, 0.05) is 25.1 Å². The zero-order valence-electron chi connectivity index (χ0n) is 18.1. The van der Waals surface area contributed by atoms with Crippen LogP contribution in [-0.2, 0) is 17.6 Å². The van der Waals surface area contributed by atoms with Crippen LogP contribution in [0.15, 0.2) is 42.2 Å². The average molecular weight is 392 g/mol. The highest BCUT2D eigenvalue weighted by Crippen LogP contribution is 2.37. The zero-order valence-corrected chi connectivity index (χ0v) is 18.1. The van der Waals surface area contributed by atoms with Crippen molar-refractivity contribution < 1.29 is 9.90 Å². The third-order valence-corrected chi connectivity index (χ3v) is 5.91. The van der Waals surface area contributed by atoms with Crippen LogP contribution in [-0.4, -0.2) is 17.4 Å². The molecule has 1 aliphatic carbocycles. The molecule has 0 fully saturated rings. The number of aryl methyl sites for hydroxylation is 4. The van der Waals surface area contributed by atoms with E-state index in [2.05, 4.69) is 69.4 Å². The number of allylic oxidation sites excluding steroid dienone is 2. The molecule has 1 atom stereocenters. The third-order valence-electron chi connectivity index (χ3n) is 5.91. The second-order valence-corrected chi connectivity index (χ2v) is 8.27. The molecule has 3 rings (SSSR count). The number of ketones is 1. The van der Waals surface area contributed by atoms with Gasteiger partial charge in [-0.15, -0.1) is 0 Å². The van der Waals surface area contributed by atoms with E-state index < -0.39 is 0 Å². The number of rotatable bonds is 7. The van der Waals surface area contributed by atoms with E-state index in [0.29, 0.717) is 18.4 Å². The smallest absolute Gasteiger partial charge is 0.167 e. The SMILES string of the molecule is CCc1cc(C)cc(CC)c1C1=C(O)CC(CCNc2ccc(C)cc2)CC1=O. The second kappa shape index (κ2) is 9.30. The first-order valence-corrected chi connectivity index (χ1v) is 10.8. The molecule has 0 bridgehead atoms. The van der Waals surface area contributed by atoms with Crippen LogP contribution in [0, 0.1) is 19.8 Å². The summed E-state index contributed by atoms with van der Waals surface area (Å²) >= 11 is 0. The topological polar surface area (TPSA) is 49.3 Å². The van der Waals surface area contributed by atoms with Gasteiger partial charge in [-0.3, -0.25) is 4.79 Å². The lowest BCUT2D eigenvalue weighted by molar-refractivity contribution is -0.115. The van der Waals surface area contributed by atoms with Crippen LogP contribution in [0.5, 0.6) is 0 Å². The van der Waals surface area contributed by atoms with Gasteiger partial charge in [0.2, 0.25) is 0 Å². The molecule has 29 heavy (non-hydrogen) atoms. The summed E-state index contributed by atoms with van der Waals surface area (Å²) in [6, 6.07) is 12.6. The van der Waals surface area contributed by atoms with Gasteiger partial charge in [-0.25, -0.2) is 0 Å². The lowest BCUT2D eigenvalue weighted by Gasteiger charge is -2.26. The summed E-state index contributed by atoms with van der Waals surface area (Å²) in [6.07, 6.45) is 3.67. The third kappa shape index (κ3) is 4.90. The predicted octanol–water partition coefficient (Wildman–Crippen LogP) is 6.18. The van der Waals surface area contributed by atoms with Crippen molar-refractivity contribution in [2.45, 2.75) is 59.8 Å². The molecule has 0 aliphatic heterocycles. The van der Waals surface area contributed by atoms with E-state index in [0.717, 1.165) is 48.2 Å². The first-order valence-electron chi connectivity index (χ1n) is 10.8. The number of Topliss-reactive ketones (excluding diaryl/α,β-unsaturated/α-hetero) is 1. The Morgan fingerprint density at radius 3 is 2.14 bits per heavy atom. The van der Waals surface area contributed by atoms with E-state index in [1.807, 2.05) is 0 Å². The quantitative estimate of drug-likeness (QED) is 0.592. The van der Waals surface area contributed by atoms with Crippen LogP contribution in [0.4, 0.5) is 5.69 Å². The number of carbonyl (C=O) groups excluding carboxylic acids is 1. The Morgan fingerprint density at radius 1 is 0.966 bits per heavy atom. The maximum absolute atomic E-state index is 13.1. The van der Waals surface area contributed by atoms with Crippen molar-refractivity contribution >= 4 is 17.0 Å². The van der Waals surface area contributed by atoms with Gasteiger partial charge in [0.25, 0.3) is 0 Å². The van der Waals surface area contributed by atoms with E-state index in [9.17, 15) is 9.90 Å². The van der Waals surface area contributed by atoms with E-state index in [1.54, 1.807) is 0 Å². The van der Waals surface area contributed by atoms with Gasteiger partial charge in [-0.2, -0.15) is 0 Å². The fourth-order valence-electron chi connectivity index (χ4n) is 4.37. The Kier molecular flexibility index (Phi) is 6.79. The van der Waals surface area contributed by atoms with Gasteiger partial charge < -0.3 is 10.4 Å². The summed E-state index contributed by atoms with van der Waals surface area (Å²) in [5.41, 5.74) is 7.43. The van der Waals surface area contributed by atoms with Crippen LogP contribution in [0.1, 0.15) is 60.9 Å². The summed E-state index contributed by atoms with van der Waals surface area (Å²) in [5, 5.41) is 14.3. The number of hydrogen-bond acceptors (Lipinski definition) is 3. The molecule has 0 saturated heterocycles. The largest absolute Gasteiger partial charge is 0.512 e. The van der Waals surface area contributed by atoms with Crippen molar-refractivity contribution in [1.82, 2.24) is 0 Å². The molecule has 2 aromatic rings. The van der Waals surface area contributed by atoms with Gasteiger partial charge in [0.15, 0.2) is 5.78 Å². The maximum Gasteiger partial charge on any atom is 0.167 e. The van der Waals surface area contributed by atoms with Gasteiger partial charge in [0.1, 0.15) is 5.76 Å². The number of carbonyl (C=O) groups is 1. The van der Waals surface area contributed by atoms with Gasteiger partial charge in [-0.05, 0) is 67.9 Å². The van der Waals surface area contributed by atoms with Gasteiger partial charge in [0.05, 0.1) is 5.57 Å². The molecular formula is C26H33NO2. The Labute approximate surface area is 174 Å². The van der Waals surface area contributed by atoms with Crippen LogP contribution >= 0.6 is 0 Å². The maximum atomic E-state index is 13.1. The lowest BCUT2D eigenvalue weighted by atomic mass is 9.79. The summed E-state index contributed by atoms with van der Waals surface area (Å²) < 4.78 is 0. The molecule has 1 aliphatic rings. The van der Waals surface area contributed by atoms with E-state index in [-0.39, 0.29) is 17.5 Å². The fraction of sp³-hybridized carbons (Fsp3) is 0.423. The molecule has 2 aromatic carbocycles. The molecule has 2 N–H and O–H groups in total. The molecule has 3 heteroatoms. The molecular weight excluding hydrogens is 358 g/mol. The predicted molar refractivity (Wildman–Crippen MR) is 122 cm³/mol. The van der Waals surface area contributed by atoms with Crippen molar-refractivity contribution in [3.8, 4) is 0 Å². The first-order chi connectivity index (χ1) is 13.9. The van der Waals surface area contributed by atoms with E-state index in [1.165, 1.54) is 11.1 Å². The van der Waals surface area contributed by atoms with Crippen molar-refractivity contribution in [3.05, 3.63) is 70.0 Å². The minimum Gasteiger partial charge on any atom is -0.512 e. The van der Waals surface area contributed by atoms with Crippen molar-refractivity contribution in [2.75, 3.05) is 11.9 Å². The molecule has 0 amide bonds. The highest BCUT2D eigenvalue weighted by atomic mass is 16.3. The molecule has 0 heterocycles. The molecule has 3 nitrogen and oxygen atoms in total. The minimum absolute atomic E-state index is 0.0855. The molecule has 0 spiro atoms. The summed E-state index contributed by atoms with van der Waals surface area (Å²) in [6.45, 7) is 9.20. The highest BCUT2D eigenvalue weighted by molar-refractivity contribution is 6.22. The zero-order chi connectivity index (χ0) is 21.0. The molecule has 154 valence electrons. The standard InChI is InChI=1S/C26H33NO2/c1-5-20-13-18(4)14-21(6-2)25(20)26-23(28)15-19(16-24(26)29)11-12-27-22-9-7-17(3)8-10-22/h7-10,13-14,19,27-28H,5-6,11-12,15-16H2,1-4H3. The lowest BCUT2D eigenvalue weighted by Crippen LogP contribution is -2.22. The van der Waals surface area contributed by atoms with Crippen LogP contribution < -0.4 is 5.32 Å². The second-order valence-electron chi connectivity index (χ2n) is 8.27. The summed E-state index contributed by atoms with van der Waals surface area (Å²) in [7, 11) is 0. The number of nitrogens with one attached hydrogen (secondary N) is 1. The van der Waals surface area contributed by atoms with Crippen molar-refractivity contribution in [1.29, 1.82) is 0 Å². The normalized spacial score (nSPS) is 17.0. The Balaban J connectivity index is 1.75. The minimum atomic E-state index is 0.0855. The first kappa shape index (κ1) is 21.2. The van der Waals surface area contributed by atoms with Crippen LogP contribution in [0.2, 0.25) is 0 Å². The van der Waals surface area contributed by atoms with Gasteiger partial charge >= 0.3 is 0 Å². The van der Waals surface area contributed by atoms with E-state index >= 15 is 0 Å². The highest BCUT2D eigenvalue weighted by Gasteiger charge is 2.30. The number of benzene rings is 2. The number of anilines is 1. The Hall–Kier alpha value is -2.55. The number of aliphatic hydroxyl groups is 1. The summed E-state index contributed by atoms with van der Waals surface area (Å²) in [4.78, 5) is 13.1. The fourth-order valence-corrected chi connectivity index (χ4v) is 4.37. The van der Waals surface area contributed by atoms with Crippen LogP contribution in [0.25, 0.3) is 5.57 Å².